The fourth-order valence-electron chi connectivity index (χ4n) is 1.23. The maximum atomic E-state index is 11.1. The van der Waals surface area contributed by atoms with Gasteiger partial charge in [0.05, 0.1) is 0 Å². The summed E-state index contributed by atoms with van der Waals surface area (Å²) in [7, 11) is 0. The Morgan fingerprint density at radius 2 is 2.09 bits per heavy atom. The Hall–Kier alpha value is -0.790. The Kier molecular flexibility index (Phi) is 1.68. The zero-order chi connectivity index (χ0) is 7.68. The zero-order valence-electron chi connectivity index (χ0n) is 6.62. The Bertz CT molecular complexity index is 190. The molecule has 0 aromatic carbocycles. The second kappa shape index (κ2) is 2.68. The molecule has 0 spiro atoms. The van der Waals surface area contributed by atoms with E-state index < -0.39 is 0 Å². The van der Waals surface area contributed by atoms with E-state index in [0.29, 0.717) is 5.92 Å². The van der Waals surface area contributed by atoms with Crippen molar-refractivity contribution in [3.8, 4) is 0 Å². The number of hydrogen-bond donors (Lipinski definition) is 0. The summed E-state index contributed by atoms with van der Waals surface area (Å²) in [4.78, 5) is 12.9. The summed E-state index contributed by atoms with van der Waals surface area (Å²) < 4.78 is 0. The first kappa shape index (κ1) is 6.89. The lowest BCUT2D eigenvalue weighted by Crippen LogP contribution is -2.10. The second-order valence-corrected chi connectivity index (χ2v) is 3.38. The van der Waals surface area contributed by atoms with Crippen LogP contribution in [0.1, 0.15) is 19.3 Å². The van der Waals surface area contributed by atoms with Crippen molar-refractivity contribution in [2.75, 3.05) is 13.1 Å². The largest absolute Gasteiger partial charge is 0.336 e. The Balaban J connectivity index is 1.77. The van der Waals surface area contributed by atoms with Crippen LogP contribution in [0.25, 0.3) is 0 Å². The van der Waals surface area contributed by atoms with E-state index in [4.69, 9.17) is 0 Å². The van der Waals surface area contributed by atoms with E-state index in [0.717, 1.165) is 13.1 Å². The van der Waals surface area contributed by atoms with Crippen LogP contribution in [0.15, 0.2) is 12.2 Å². The second-order valence-electron chi connectivity index (χ2n) is 3.38. The van der Waals surface area contributed by atoms with Gasteiger partial charge in [-0.1, -0.05) is 12.5 Å². The molecule has 0 bridgehead atoms. The minimum absolute atomic E-state index is 0.205. The van der Waals surface area contributed by atoms with Gasteiger partial charge in [0.15, 0.2) is 0 Å². The average Bonchev–Trinajstić information content (AvgIpc) is 2.64. The van der Waals surface area contributed by atoms with Crippen molar-refractivity contribution >= 4 is 5.91 Å². The van der Waals surface area contributed by atoms with Gasteiger partial charge in [-0.05, 0) is 24.8 Å². The fourth-order valence-corrected chi connectivity index (χ4v) is 1.23. The highest BCUT2D eigenvalue weighted by molar-refractivity contribution is 5.89. The maximum absolute atomic E-state index is 11.1. The van der Waals surface area contributed by atoms with Crippen LogP contribution in [0.3, 0.4) is 0 Å². The van der Waals surface area contributed by atoms with Gasteiger partial charge in [-0.3, -0.25) is 4.79 Å². The standard InChI is InChI=1S/C9H13NO/c11-9(10-6-7-10)5-4-8-2-1-3-8/h4-5,8H,1-3,6-7H2/b5-4+. The van der Waals surface area contributed by atoms with Crippen molar-refractivity contribution in [3.63, 3.8) is 0 Å². The minimum Gasteiger partial charge on any atom is -0.336 e. The molecule has 0 atom stereocenters. The molecular weight excluding hydrogens is 138 g/mol. The molecule has 1 aliphatic carbocycles. The number of hydrogen-bond acceptors (Lipinski definition) is 1. The van der Waals surface area contributed by atoms with Gasteiger partial charge in [0, 0.05) is 13.1 Å². The lowest BCUT2D eigenvalue weighted by atomic mass is 9.85. The molecule has 2 heteroatoms. The summed E-state index contributed by atoms with van der Waals surface area (Å²) in [6.07, 6.45) is 7.72. The van der Waals surface area contributed by atoms with Crippen molar-refractivity contribution in [2.45, 2.75) is 19.3 Å². The van der Waals surface area contributed by atoms with Gasteiger partial charge >= 0.3 is 0 Å². The van der Waals surface area contributed by atoms with E-state index in [1.807, 2.05) is 4.90 Å². The molecule has 0 unspecified atom stereocenters. The molecule has 1 aliphatic heterocycles. The Morgan fingerprint density at radius 1 is 1.36 bits per heavy atom. The highest BCUT2D eigenvalue weighted by Crippen LogP contribution is 2.27. The first-order chi connectivity index (χ1) is 5.36. The molecule has 2 rings (SSSR count). The van der Waals surface area contributed by atoms with E-state index in [1.165, 1.54) is 19.3 Å². The lowest BCUT2D eigenvalue weighted by molar-refractivity contribution is -0.120. The molecule has 60 valence electrons. The predicted molar refractivity (Wildman–Crippen MR) is 43.1 cm³/mol. The molecular formula is C9H13NO. The van der Waals surface area contributed by atoms with Gasteiger partial charge in [-0.15, -0.1) is 0 Å². The van der Waals surface area contributed by atoms with Crippen LogP contribution in [-0.2, 0) is 4.79 Å². The SMILES string of the molecule is O=C(/C=C/C1CCC1)N1CC1. The van der Waals surface area contributed by atoms with Crippen molar-refractivity contribution in [3.05, 3.63) is 12.2 Å². The summed E-state index contributed by atoms with van der Waals surface area (Å²) in [6, 6.07) is 0. The van der Waals surface area contributed by atoms with Crippen LogP contribution in [-0.4, -0.2) is 23.9 Å². The third kappa shape index (κ3) is 1.62. The summed E-state index contributed by atoms with van der Waals surface area (Å²) in [5.41, 5.74) is 0. The normalized spacial score (nSPS) is 23.8. The highest BCUT2D eigenvalue weighted by atomic mass is 16.2. The van der Waals surface area contributed by atoms with E-state index in [-0.39, 0.29) is 5.91 Å². The van der Waals surface area contributed by atoms with E-state index >= 15 is 0 Å². The quantitative estimate of drug-likeness (QED) is 0.428. The van der Waals surface area contributed by atoms with Crippen molar-refractivity contribution in [1.82, 2.24) is 4.90 Å². The Labute approximate surface area is 66.9 Å². The zero-order valence-corrected chi connectivity index (χ0v) is 6.62. The van der Waals surface area contributed by atoms with Crippen LogP contribution in [0.5, 0.6) is 0 Å². The molecule has 1 heterocycles. The van der Waals surface area contributed by atoms with Crippen LogP contribution in [0.2, 0.25) is 0 Å². The number of carbonyl (C=O) groups excluding carboxylic acids is 1. The van der Waals surface area contributed by atoms with Crippen molar-refractivity contribution in [1.29, 1.82) is 0 Å². The van der Waals surface area contributed by atoms with Gasteiger partial charge in [-0.2, -0.15) is 0 Å². The summed E-state index contributed by atoms with van der Waals surface area (Å²) in [6.45, 7) is 1.93. The molecule has 0 aromatic rings. The van der Waals surface area contributed by atoms with E-state index in [9.17, 15) is 4.79 Å². The monoisotopic (exact) mass is 151 g/mol. The molecule has 1 saturated carbocycles. The predicted octanol–water partition coefficient (Wildman–Crippen LogP) is 1.18. The third-order valence-electron chi connectivity index (χ3n) is 2.42. The summed E-state index contributed by atoms with van der Waals surface area (Å²) in [5, 5.41) is 0. The fraction of sp³-hybridized carbons (Fsp3) is 0.667. The maximum Gasteiger partial charge on any atom is 0.246 e. The van der Waals surface area contributed by atoms with Crippen LogP contribution in [0, 0.1) is 5.92 Å². The lowest BCUT2D eigenvalue weighted by Gasteiger charge is -2.20. The number of carbonyl (C=O) groups is 1. The summed E-state index contributed by atoms with van der Waals surface area (Å²) in [5.74, 6) is 0.913. The number of allylic oxidation sites excluding steroid dienone is 1. The summed E-state index contributed by atoms with van der Waals surface area (Å²) >= 11 is 0. The van der Waals surface area contributed by atoms with Crippen LogP contribution < -0.4 is 0 Å². The molecule has 0 aromatic heterocycles. The molecule has 1 amide bonds. The van der Waals surface area contributed by atoms with Gasteiger partial charge in [0.25, 0.3) is 0 Å². The molecule has 1 saturated heterocycles. The van der Waals surface area contributed by atoms with Gasteiger partial charge in [0.1, 0.15) is 0 Å². The van der Waals surface area contributed by atoms with Crippen molar-refractivity contribution < 1.29 is 4.79 Å². The average molecular weight is 151 g/mol. The van der Waals surface area contributed by atoms with Gasteiger partial charge in [0.2, 0.25) is 5.91 Å². The molecule has 0 radical (unpaired) electrons. The number of amides is 1. The van der Waals surface area contributed by atoms with Gasteiger partial charge in [-0.25, -0.2) is 0 Å². The van der Waals surface area contributed by atoms with Crippen molar-refractivity contribution in [2.24, 2.45) is 5.92 Å². The van der Waals surface area contributed by atoms with E-state index in [2.05, 4.69) is 6.08 Å². The highest BCUT2D eigenvalue weighted by Gasteiger charge is 2.22. The Morgan fingerprint density at radius 3 is 2.55 bits per heavy atom. The number of rotatable bonds is 2. The first-order valence-corrected chi connectivity index (χ1v) is 4.33. The number of nitrogens with zero attached hydrogens (tertiary/aromatic N) is 1. The third-order valence-corrected chi connectivity index (χ3v) is 2.42. The van der Waals surface area contributed by atoms with E-state index in [1.54, 1.807) is 6.08 Å². The molecule has 0 N–H and O–H groups in total. The minimum atomic E-state index is 0.205. The smallest absolute Gasteiger partial charge is 0.246 e. The van der Waals surface area contributed by atoms with Crippen LogP contribution in [0.4, 0.5) is 0 Å². The molecule has 11 heavy (non-hydrogen) atoms. The van der Waals surface area contributed by atoms with Crippen LogP contribution >= 0.6 is 0 Å². The molecule has 2 aliphatic rings. The van der Waals surface area contributed by atoms with Gasteiger partial charge < -0.3 is 4.90 Å². The topological polar surface area (TPSA) is 20.1 Å². The first-order valence-electron chi connectivity index (χ1n) is 4.33. The molecule has 2 fully saturated rings. The molecule has 2 nitrogen and oxygen atoms in total.